The lowest BCUT2D eigenvalue weighted by atomic mass is 9.52. The predicted molar refractivity (Wildman–Crippen MR) is 58.5 cm³/mol. The van der Waals surface area contributed by atoms with Crippen LogP contribution in [-0.4, -0.2) is 14.2 Å². The molecule has 0 amide bonds. The largest absolute Gasteiger partial charge is 0.229 e. The quantitative estimate of drug-likeness (QED) is 0.777. The molecule has 4 rings (SSSR count). The molecule has 4 saturated carbocycles. The number of rotatable bonds is 2. The molecule has 3 nitrogen and oxygen atoms in total. The van der Waals surface area contributed by atoms with Gasteiger partial charge in [-0.3, -0.25) is 0 Å². The Morgan fingerprint density at radius 2 is 1.40 bits per heavy atom. The van der Waals surface area contributed by atoms with E-state index in [0.717, 1.165) is 11.8 Å². The maximum absolute atomic E-state index is 11.2. The molecule has 4 heteroatoms. The zero-order valence-electron chi connectivity index (χ0n) is 8.93. The van der Waals surface area contributed by atoms with Crippen LogP contribution in [0.1, 0.15) is 32.1 Å². The highest BCUT2D eigenvalue weighted by molar-refractivity contribution is 7.89. The fraction of sp³-hybridized carbons (Fsp3) is 1.00. The van der Waals surface area contributed by atoms with Gasteiger partial charge < -0.3 is 0 Å². The summed E-state index contributed by atoms with van der Waals surface area (Å²) in [5, 5.41) is 5.19. The predicted octanol–water partition coefficient (Wildman–Crippen LogP) is 1.35. The minimum absolute atomic E-state index is 0.238. The molecule has 0 aromatic rings. The van der Waals surface area contributed by atoms with Crippen molar-refractivity contribution >= 4 is 10.0 Å². The maximum atomic E-state index is 11.2. The Hall–Kier alpha value is -0.0900. The first-order chi connectivity index (χ1) is 7.01. The van der Waals surface area contributed by atoms with E-state index in [9.17, 15) is 8.42 Å². The van der Waals surface area contributed by atoms with E-state index < -0.39 is 10.0 Å². The molecule has 0 radical (unpaired) electrons. The Morgan fingerprint density at radius 1 is 0.933 bits per heavy atom. The van der Waals surface area contributed by atoms with Gasteiger partial charge in [0.1, 0.15) is 0 Å². The first kappa shape index (κ1) is 10.1. The van der Waals surface area contributed by atoms with Crippen molar-refractivity contribution in [2.45, 2.75) is 32.1 Å². The van der Waals surface area contributed by atoms with Gasteiger partial charge in [-0.15, -0.1) is 0 Å². The van der Waals surface area contributed by atoms with E-state index in [0.29, 0.717) is 17.8 Å². The van der Waals surface area contributed by atoms with E-state index in [-0.39, 0.29) is 5.75 Å². The third-order valence-corrected chi connectivity index (χ3v) is 5.70. The van der Waals surface area contributed by atoms with Crippen LogP contribution in [0.5, 0.6) is 0 Å². The molecular formula is C11H19NO2S. The average Bonchev–Trinajstić information content (AvgIpc) is 2.08. The minimum atomic E-state index is -3.27. The first-order valence-electron chi connectivity index (χ1n) is 6.02. The molecule has 0 spiro atoms. The topological polar surface area (TPSA) is 60.2 Å². The molecule has 0 aromatic heterocycles. The van der Waals surface area contributed by atoms with Crippen molar-refractivity contribution in [1.82, 2.24) is 0 Å². The second kappa shape index (κ2) is 3.20. The molecule has 0 atom stereocenters. The number of primary sulfonamides is 1. The molecule has 4 aliphatic carbocycles. The zero-order valence-corrected chi connectivity index (χ0v) is 9.75. The molecule has 0 saturated heterocycles. The van der Waals surface area contributed by atoms with Gasteiger partial charge in [0.15, 0.2) is 0 Å². The smallest absolute Gasteiger partial charge is 0.209 e. The van der Waals surface area contributed by atoms with Crippen LogP contribution >= 0.6 is 0 Å². The summed E-state index contributed by atoms with van der Waals surface area (Å²) < 4.78 is 22.4. The van der Waals surface area contributed by atoms with Crippen molar-refractivity contribution in [3.63, 3.8) is 0 Å². The molecular weight excluding hydrogens is 210 g/mol. The van der Waals surface area contributed by atoms with Crippen molar-refractivity contribution < 1.29 is 8.42 Å². The monoisotopic (exact) mass is 229 g/mol. The van der Waals surface area contributed by atoms with E-state index in [2.05, 4.69) is 0 Å². The van der Waals surface area contributed by atoms with Crippen molar-refractivity contribution in [3.8, 4) is 0 Å². The number of nitrogens with two attached hydrogens (primary N) is 1. The standard InChI is InChI=1S/C11H19NO2S/c12-15(13,14)6-11-9-2-7-1-8(4-9)5-10(11)3-7/h7-11H,1-6H2,(H2,12,13,14). The molecule has 4 fully saturated rings. The molecule has 0 heterocycles. The number of hydrogen-bond acceptors (Lipinski definition) is 2. The molecule has 2 N–H and O–H groups in total. The van der Waals surface area contributed by atoms with Gasteiger partial charge >= 0.3 is 0 Å². The number of sulfonamides is 1. The Labute approximate surface area is 91.5 Å². The minimum Gasteiger partial charge on any atom is -0.229 e. The summed E-state index contributed by atoms with van der Waals surface area (Å²) in [4.78, 5) is 0. The molecule has 86 valence electrons. The van der Waals surface area contributed by atoms with Crippen molar-refractivity contribution in [2.24, 2.45) is 34.7 Å². The second-order valence-electron chi connectivity index (χ2n) is 5.92. The summed E-state index contributed by atoms with van der Waals surface area (Å²) in [5.41, 5.74) is 0. The van der Waals surface area contributed by atoms with Crippen molar-refractivity contribution in [3.05, 3.63) is 0 Å². The van der Waals surface area contributed by atoms with Gasteiger partial charge in [0.25, 0.3) is 0 Å². The van der Waals surface area contributed by atoms with Crippen LogP contribution in [0.4, 0.5) is 0 Å². The molecule has 0 aromatic carbocycles. The van der Waals surface area contributed by atoms with E-state index in [1.165, 1.54) is 32.1 Å². The van der Waals surface area contributed by atoms with Crippen LogP contribution < -0.4 is 5.14 Å². The molecule has 4 aliphatic rings. The molecule has 0 unspecified atom stereocenters. The maximum Gasteiger partial charge on any atom is 0.209 e. The highest BCUT2D eigenvalue weighted by Crippen LogP contribution is 2.56. The number of hydrogen-bond donors (Lipinski definition) is 1. The summed E-state index contributed by atoms with van der Waals surface area (Å²) in [6, 6.07) is 0. The third kappa shape index (κ3) is 1.82. The highest BCUT2D eigenvalue weighted by atomic mass is 32.2. The van der Waals surface area contributed by atoms with Gasteiger partial charge in [0.2, 0.25) is 10.0 Å². The van der Waals surface area contributed by atoms with Crippen LogP contribution in [0.25, 0.3) is 0 Å². The van der Waals surface area contributed by atoms with Gasteiger partial charge in [0.05, 0.1) is 5.75 Å². The fourth-order valence-corrected chi connectivity index (χ4v) is 5.66. The SMILES string of the molecule is NS(=O)(=O)CC1C2CC3CC(C2)CC1C3. The Morgan fingerprint density at radius 3 is 1.80 bits per heavy atom. The van der Waals surface area contributed by atoms with Gasteiger partial charge in [-0.2, -0.15) is 0 Å². The lowest BCUT2D eigenvalue weighted by Crippen LogP contribution is -2.48. The Balaban J connectivity index is 1.80. The first-order valence-corrected chi connectivity index (χ1v) is 7.73. The van der Waals surface area contributed by atoms with Gasteiger partial charge in [-0.05, 0) is 61.7 Å². The Kier molecular flexibility index (Phi) is 2.15. The van der Waals surface area contributed by atoms with Crippen LogP contribution in [0.3, 0.4) is 0 Å². The highest BCUT2D eigenvalue weighted by Gasteiger charge is 2.48. The van der Waals surface area contributed by atoms with E-state index in [4.69, 9.17) is 5.14 Å². The van der Waals surface area contributed by atoms with Crippen LogP contribution in [-0.2, 0) is 10.0 Å². The van der Waals surface area contributed by atoms with E-state index in [1.807, 2.05) is 0 Å². The lowest BCUT2D eigenvalue weighted by molar-refractivity contribution is -0.0268. The molecule has 0 aliphatic heterocycles. The van der Waals surface area contributed by atoms with E-state index in [1.54, 1.807) is 0 Å². The summed E-state index contributed by atoms with van der Waals surface area (Å²) >= 11 is 0. The zero-order chi connectivity index (χ0) is 10.6. The average molecular weight is 229 g/mol. The van der Waals surface area contributed by atoms with Gasteiger partial charge in [0, 0.05) is 0 Å². The van der Waals surface area contributed by atoms with E-state index >= 15 is 0 Å². The van der Waals surface area contributed by atoms with Gasteiger partial charge in [-0.1, -0.05) is 0 Å². The summed E-state index contributed by atoms with van der Waals surface area (Å²) in [7, 11) is -3.27. The van der Waals surface area contributed by atoms with Gasteiger partial charge in [-0.25, -0.2) is 13.6 Å². The Bertz CT molecular complexity index is 335. The second-order valence-corrected chi connectivity index (χ2v) is 7.58. The third-order valence-electron chi connectivity index (χ3n) is 4.85. The lowest BCUT2D eigenvalue weighted by Gasteiger charge is -2.54. The summed E-state index contributed by atoms with van der Waals surface area (Å²) in [6.45, 7) is 0. The van der Waals surface area contributed by atoms with Crippen LogP contribution in [0.15, 0.2) is 0 Å². The molecule has 15 heavy (non-hydrogen) atoms. The van der Waals surface area contributed by atoms with Crippen LogP contribution in [0.2, 0.25) is 0 Å². The summed E-state index contributed by atoms with van der Waals surface area (Å²) in [6.07, 6.45) is 6.50. The van der Waals surface area contributed by atoms with Crippen molar-refractivity contribution in [1.29, 1.82) is 0 Å². The molecule has 4 bridgehead atoms. The summed E-state index contributed by atoms with van der Waals surface area (Å²) in [5.74, 6) is 3.77. The van der Waals surface area contributed by atoms with Crippen LogP contribution in [0, 0.1) is 29.6 Å². The normalized spacial score (nSPS) is 48.5. The van der Waals surface area contributed by atoms with Crippen molar-refractivity contribution in [2.75, 3.05) is 5.75 Å². The fourth-order valence-electron chi connectivity index (χ4n) is 4.58.